The highest BCUT2D eigenvalue weighted by Gasteiger charge is 2.19. The molecule has 1 unspecified atom stereocenters. The Labute approximate surface area is 98.6 Å². The van der Waals surface area contributed by atoms with Crippen LogP contribution in [0.4, 0.5) is 0 Å². The number of amides is 1. The first-order valence-electron chi connectivity index (χ1n) is 6.28. The van der Waals surface area contributed by atoms with Crippen LogP contribution in [0.25, 0.3) is 0 Å². The first-order chi connectivity index (χ1) is 7.61. The average Bonchev–Trinajstić information content (AvgIpc) is 2.28. The SMILES string of the molecule is CC(=O)NCC1CCN(CC(C)CN)CC1. The van der Waals surface area contributed by atoms with Gasteiger partial charge in [-0.05, 0) is 44.3 Å². The van der Waals surface area contributed by atoms with Crippen molar-refractivity contribution < 1.29 is 4.79 Å². The maximum absolute atomic E-state index is 10.8. The Morgan fingerprint density at radius 1 is 1.50 bits per heavy atom. The van der Waals surface area contributed by atoms with Crippen LogP contribution in [0, 0.1) is 11.8 Å². The Balaban J connectivity index is 2.15. The lowest BCUT2D eigenvalue weighted by Crippen LogP contribution is -2.40. The van der Waals surface area contributed by atoms with E-state index in [-0.39, 0.29) is 5.91 Å². The molecule has 1 saturated heterocycles. The number of hydrogen-bond donors (Lipinski definition) is 2. The van der Waals surface area contributed by atoms with Gasteiger partial charge in [0, 0.05) is 20.0 Å². The summed E-state index contributed by atoms with van der Waals surface area (Å²) in [6.45, 7) is 8.80. The van der Waals surface area contributed by atoms with E-state index in [1.807, 2.05) is 0 Å². The molecule has 0 aliphatic carbocycles. The molecule has 1 atom stereocenters. The molecule has 0 bridgehead atoms. The molecule has 0 aromatic rings. The van der Waals surface area contributed by atoms with Gasteiger partial charge in [0.25, 0.3) is 0 Å². The molecule has 0 aromatic carbocycles. The molecule has 1 rings (SSSR count). The van der Waals surface area contributed by atoms with Crippen molar-refractivity contribution in [1.29, 1.82) is 0 Å². The van der Waals surface area contributed by atoms with Gasteiger partial charge in [-0.15, -0.1) is 0 Å². The molecule has 1 fully saturated rings. The van der Waals surface area contributed by atoms with Gasteiger partial charge >= 0.3 is 0 Å². The topological polar surface area (TPSA) is 58.4 Å². The molecule has 1 amide bonds. The van der Waals surface area contributed by atoms with E-state index in [0.717, 1.165) is 32.7 Å². The highest BCUT2D eigenvalue weighted by Crippen LogP contribution is 2.17. The van der Waals surface area contributed by atoms with Gasteiger partial charge in [-0.2, -0.15) is 0 Å². The number of nitrogens with one attached hydrogen (secondary N) is 1. The third kappa shape index (κ3) is 4.94. The largest absolute Gasteiger partial charge is 0.356 e. The number of rotatable bonds is 5. The first kappa shape index (κ1) is 13.5. The Kier molecular flexibility index (Phi) is 5.77. The quantitative estimate of drug-likeness (QED) is 0.716. The van der Waals surface area contributed by atoms with Crippen LogP contribution in [0.3, 0.4) is 0 Å². The van der Waals surface area contributed by atoms with Crippen molar-refractivity contribution in [2.24, 2.45) is 17.6 Å². The average molecular weight is 227 g/mol. The normalized spacial score (nSPS) is 20.7. The number of likely N-dealkylation sites (tertiary alicyclic amines) is 1. The maximum atomic E-state index is 10.8. The highest BCUT2D eigenvalue weighted by atomic mass is 16.1. The second-order valence-electron chi connectivity index (χ2n) is 5.02. The summed E-state index contributed by atoms with van der Waals surface area (Å²) in [5.41, 5.74) is 5.62. The van der Waals surface area contributed by atoms with Crippen LogP contribution < -0.4 is 11.1 Å². The minimum atomic E-state index is 0.0826. The molecular formula is C12H25N3O. The van der Waals surface area contributed by atoms with E-state index in [1.54, 1.807) is 6.92 Å². The fourth-order valence-corrected chi connectivity index (χ4v) is 2.18. The summed E-state index contributed by atoms with van der Waals surface area (Å²) in [5, 5.41) is 2.90. The molecule has 1 aliphatic heterocycles. The van der Waals surface area contributed by atoms with Gasteiger partial charge in [-0.3, -0.25) is 4.79 Å². The van der Waals surface area contributed by atoms with Crippen molar-refractivity contribution in [3.05, 3.63) is 0 Å². The molecule has 94 valence electrons. The smallest absolute Gasteiger partial charge is 0.216 e. The molecule has 16 heavy (non-hydrogen) atoms. The number of carbonyl (C=O) groups excluding carboxylic acids is 1. The standard InChI is InChI=1S/C12H25N3O/c1-10(7-13)9-15-5-3-12(4-6-15)8-14-11(2)16/h10,12H,3-9,13H2,1-2H3,(H,14,16). The fraction of sp³-hybridized carbons (Fsp3) is 0.917. The van der Waals surface area contributed by atoms with Crippen molar-refractivity contribution in [2.75, 3.05) is 32.7 Å². The van der Waals surface area contributed by atoms with Crippen LogP contribution in [0.5, 0.6) is 0 Å². The van der Waals surface area contributed by atoms with E-state index in [2.05, 4.69) is 17.1 Å². The van der Waals surface area contributed by atoms with Gasteiger partial charge in [0.05, 0.1) is 0 Å². The van der Waals surface area contributed by atoms with Crippen molar-refractivity contribution >= 4 is 5.91 Å². The van der Waals surface area contributed by atoms with Crippen LogP contribution >= 0.6 is 0 Å². The summed E-state index contributed by atoms with van der Waals surface area (Å²) < 4.78 is 0. The molecule has 1 heterocycles. The second kappa shape index (κ2) is 6.86. The monoisotopic (exact) mass is 227 g/mol. The van der Waals surface area contributed by atoms with Gasteiger partial charge in [0.2, 0.25) is 5.91 Å². The van der Waals surface area contributed by atoms with E-state index in [0.29, 0.717) is 11.8 Å². The molecule has 4 nitrogen and oxygen atoms in total. The van der Waals surface area contributed by atoms with Crippen LogP contribution in [-0.2, 0) is 4.79 Å². The Bertz CT molecular complexity index is 212. The Morgan fingerprint density at radius 3 is 2.62 bits per heavy atom. The summed E-state index contributed by atoms with van der Waals surface area (Å²) in [4.78, 5) is 13.3. The van der Waals surface area contributed by atoms with E-state index in [9.17, 15) is 4.79 Å². The number of hydrogen-bond acceptors (Lipinski definition) is 3. The predicted octanol–water partition coefficient (Wildman–Crippen LogP) is 0.429. The number of piperidine rings is 1. The van der Waals surface area contributed by atoms with Crippen LogP contribution in [0.1, 0.15) is 26.7 Å². The summed E-state index contributed by atoms with van der Waals surface area (Å²) in [6.07, 6.45) is 2.38. The van der Waals surface area contributed by atoms with E-state index < -0.39 is 0 Å². The van der Waals surface area contributed by atoms with Gasteiger partial charge in [0.15, 0.2) is 0 Å². The zero-order chi connectivity index (χ0) is 12.0. The van der Waals surface area contributed by atoms with Crippen LogP contribution in [0.15, 0.2) is 0 Å². The fourth-order valence-electron chi connectivity index (χ4n) is 2.18. The molecular weight excluding hydrogens is 202 g/mol. The van der Waals surface area contributed by atoms with Crippen LogP contribution in [0.2, 0.25) is 0 Å². The van der Waals surface area contributed by atoms with Gasteiger partial charge < -0.3 is 16.0 Å². The van der Waals surface area contributed by atoms with E-state index in [1.165, 1.54) is 12.8 Å². The summed E-state index contributed by atoms with van der Waals surface area (Å²) >= 11 is 0. The minimum Gasteiger partial charge on any atom is -0.356 e. The Morgan fingerprint density at radius 2 is 2.12 bits per heavy atom. The van der Waals surface area contributed by atoms with E-state index >= 15 is 0 Å². The number of nitrogens with two attached hydrogens (primary N) is 1. The van der Waals surface area contributed by atoms with Gasteiger partial charge in [-0.1, -0.05) is 6.92 Å². The number of carbonyl (C=O) groups is 1. The summed E-state index contributed by atoms with van der Waals surface area (Å²) in [7, 11) is 0. The molecule has 0 saturated carbocycles. The zero-order valence-electron chi connectivity index (χ0n) is 10.5. The van der Waals surface area contributed by atoms with Crippen molar-refractivity contribution in [1.82, 2.24) is 10.2 Å². The third-order valence-corrected chi connectivity index (χ3v) is 3.32. The van der Waals surface area contributed by atoms with Crippen LogP contribution in [-0.4, -0.2) is 43.5 Å². The van der Waals surface area contributed by atoms with Gasteiger partial charge in [0.1, 0.15) is 0 Å². The predicted molar refractivity (Wildman–Crippen MR) is 66.1 cm³/mol. The summed E-state index contributed by atoms with van der Waals surface area (Å²) in [5.74, 6) is 1.33. The van der Waals surface area contributed by atoms with Gasteiger partial charge in [-0.25, -0.2) is 0 Å². The van der Waals surface area contributed by atoms with Crippen molar-refractivity contribution in [2.45, 2.75) is 26.7 Å². The summed E-state index contributed by atoms with van der Waals surface area (Å²) in [6, 6.07) is 0. The Hall–Kier alpha value is -0.610. The molecule has 0 spiro atoms. The minimum absolute atomic E-state index is 0.0826. The number of nitrogens with zero attached hydrogens (tertiary/aromatic N) is 1. The highest BCUT2D eigenvalue weighted by molar-refractivity contribution is 5.72. The molecule has 0 aromatic heterocycles. The first-order valence-corrected chi connectivity index (χ1v) is 6.28. The maximum Gasteiger partial charge on any atom is 0.216 e. The second-order valence-corrected chi connectivity index (χ2v) is 5.02. The van der Waals surface area contributed by atoms with Crippen molar-refractivity contribution in [3.8, 4) is 0 Å². The molecule has 3 N–H and O–H groups in total. The lowest BCUT2D eigenvalue weighted by atomic mass is 9.96. The lowest BCUT2D eigenvalue weighted by Gasteiger charge is -2.33. The zero-order valence-corrected chi connectivity index (χ0v) is 10.5. The molecule has 4 heteroatoms. The molecule has 1 aliphatic rings. The van der Waals surface area contributed by atoms with E-state index in [4.69, 9.17) is 5.73 Å². The molecule has 0 radical (unpaired) electrons. The third-order valence-electron chi connectivity index (χ3n) is 3.32. The lowest BCUT2D eigenvalue weighted by molar-refractivity contribution is -0.119. The van der Waals surface area contributed by atoms with Crippen molar-refractivity contribution in [3.63, 3.8) is 0 Å².